The monoisotopic (exact) mass is 445 g/mol. The van der Waals surface area contributed by atoms with Gasteiger partial charge in [-0.25, -0.2) is 8.78 Å². The predicted octanol–water partition coefficient (Wildman–Crippen LogP) is 5.58. The van der Waals surface area contributed by atoms with Gasteiger partial charge in [0.1, 0.15) is 18.1 Å². The summed E-state index contributed by atoms with van der Waals surface area (Å²) in [6.45, 7) is -2.13. The number of aryl methyl sites for hydroxylation is 1. The van der Waals surface area contributed by atoms with Crippen molar-refractivity contribution in [2.75, 3.05) is 5.32 Å². The molecule has 0 bridgehead atoms. The molecule has 11 heteroatoms. The first kappa shape index (κ1) is 22.1. The van der Waals surface area contributed by atoms with Gasteiger partial charge < -0.3 is 19.2 Å². The lowest BCUT2D eigenvalue weighted by Crippen LogP contribution is -2.13. The molecule has 3 rings (SSSR count). The van der Waals surface area contributed by atoms with Gasteiger partial charge in [0.05, 0.1) is 5.69 Å². The van der Waals surface area contributed by atoms with E-state index in [0.717, 1.165) is 0 Å². The molecule has 1 N–H and O–H groups in total. The Hall–Kier alpha value is -3.63. The topological polar surface area (TPSA) is 60.7 Å². The van der Waals surface area contributed by atoms with Crippen LogP contribution in [-0.2, 0) is 6.61 Å². The Labute approximate surface area is 171 Å². The SMILES string of the molecule is Cc1ccc(NC(=O)c2ccc(COc3c(F)c(F)cc(F)c3F)o2)c(OC(F)F)c1. The molecule has 0 spiro atoms. The van der Waals surface area contributed by atoms with Crippen molar-refractivity contribution in [3.63, 3.8) is 0 Å². The van der Waals surface area contributed by atoms with Crippen molar-refractivity contribution in [2.24, 2.45) is 0 Å². The van der Waals surface area contributed by atoms with Gasteiger partial charge in [0, 0.05) is 6.07 Å². The number of carbonyl (C=O) groups excluding carboxylic acids is 1. The maximum atomic E-state index is 13.6. The fourth-order valence-electron chi connectivity index (χ4n) is 2.51. The van der Waals surface area contributed by atoms with Crippen molar-refractivity contribution in [1.82, 2.24) is 0 Å². The molecule has 0 aliphatic rings. The van der Waals surface area contributed by atoms with E-state index in [0.29, 0.717) is 5.56 Å². The number of halogens is 6. The van der Waals surface area contributed by atoms with Crippen molar-refractivity contribution >= 4 is 11.6 Å². The largest absolute Gasteiger partial charge is 0.479 e. The van der Waals surface area contributed by atoms with Gasteiger partial charge in [0.25, 0.3) is 5.91 Å². The highest BCUT2D eigenvalue weighted by Crippen LogP contribution is 2.29. The van der Waals surface area contributed by atoms with Crippen molar-refractivity contribution < 1.29 is 45.0 Å². The molecule has 0 saturated heterocycles. The standard InChI is InChI=1S/C20H13F6NO4/c1-9-2-4-13(15(6-9)31-20(25)26)27-19(28)14-5-3-10(30-14)8-29-18-16(23)11(21)7-12(22)17(18)24/h2-7,20H,8H2,1H3,(H,27,28). The zero-order chi connectivity index (χ0) is 22.7. The van der Waals surface area contributed by atoms with Crippen LogP contribution in [0.1, 0.15) is 21.9 Å². The van der Waals surface area contributed by atoms with E-state index >= 15 is 0 Å². The van der Waals surface area contributed by atoms with E-state index in [9.17, 15) is 31.1 Å². The fourth-order valence-corrected chi connectivity index (χ4v) is 2.51. The van der Waals surface area contributed by atoms with E-state index in [1.54, 1.807) is 13.0 Å². The van der Waals surface area contributed by atoms with Crippen LogP contribution in [0.15, 0.2) is 40.8 Å². The normalized spacial score (nSPS) is 11.0. The van der Waals surface area contributed by atoms with Gasteiger partial charge in [-0.1, -0.05) is 6.07 Å². The predicted molar refractivity (Wildman–Crippen MR) is 95.1 cm³/mol. The van der Waals surface area contributed by atoms with Crippen LogP contribution in [0, 0.1) is 30.2 Å². The molecule has 0 aliphatic heterocycles. The summed E-state index contributed by atoms with van der Waals surface area (Å²) < 4.78 is 93.0. The smallest absolute Gasteiger partial charge is 0.387 e. The Morgan fingerprint density at radius 1 is 1.03 bits per heavy atom. The molecule has 0 atom stereocenters. The van der Waals surface area contributed by atoms with Gasteiger partial charge in [-0.2, -0.15) is 17.6 Å². The van der Waals surface area contributed by atoms with Crippen molar-refractivity contribution in [1.29, 1.82) is 0 Å². The maximum Gasteiger partial charge on any atom is 0.387 e. The number of furan rings is 1. The molecule has 0 unspecified atom stereocenters. The minimum absolute atomic E-state index is 0.0317. The Morgan fingerprint density at radius 2 is 1.71 bits per heavy atom. The minimum atomic E-state index is -3.11. The van der Waals surface area contributed by atoms with Crippen LogP contribution in [0.25, 0.3) is 0 Å². The molecule has 0 fully saturated rings. The minimum Gasteiger partial charge on any atom is -0.479 e. The molecular weight excluding hydrogens is 432 g/mol. The third-order valence-corrected chi connectivity index (χ3v) is 3.92. The Morgan fingerprint density at radius 3 is 2.35 bits per heavy atom. The summed E-state index contributed by atoms with van der Waals surface area (Å²) in [5.41, 5.74) is 0.559. The molecule has 164 valence electrons. The summed E-state index contributed by atoms with van der Waals surface area (Å²) in [5, 5.41) is 2.33. The van der Waals surface area contributed by atoms with Crippen molar-refractivity contribution in [2.45, 2.75) is 20.1 Å². The molecule has 0 aliphatic carbocycles. The van der Waals surface area contributed by atoms with Gasteiger partial charge in [0.2, 0.25) is 11.6 Å². The summed E-state index contributed by atoms with van der Waals surface area (Å²) in [4.78, 5) is 12.3. The highest BCUT2D eigenvalue weighted by molar-refractivity contribution is 6.03. The van der Waals surface area contributed by atoms with Crippen molar-refractivity contribution in [3.8, 4) is 11.5 Å². The number of carbonyl (C=O) groups is 1. The van der Waals surface area contributed by atoms with Crippen LogP contribution < -0.4 is 14.8 Å². The molecule has 1 heterocycles. The first-order chi connectivity index (χ1) is 14.7. The maximum absolute atomic E-state index is 13.6. The molecule has 31 heavy (non-hydrogen) atoms. The first-order valence-electron chi connectivity index (χ1n) is 8.57. The first-order valence-corrected chi connectivity index (χ1v) is 8.57. The van der Waals surface area contributed by atoms with Gasteiger partial charge in [-0.05, 0) is 36.8 Å². The lowest BCUT2D eigenvalue weighted by Gasteiger charge is -2.12. The fraction of sp³-hybridized carbons (Fsp3) is 0.150. The van der Waals surface area contributed by atoms with Crippen LogP contribution in [-0.4, -0.2) is 12.5 Å². The van der Waals surface area contributed by atoms with Crippen LogP contribution in [0.2, 0.25) is 0 Å². The van der Waals surface area contributed by atoms with Crippen LogP contribution in [0.5, 0.6) is 11.5 Å². The Balaban J connectivity index is 1.71. The van der Waals surface area contributed by atoms with E-state index in [1.807, 2.05) is 0 Å². The lowest BCUT2D eigenvalue weighted by atomic mass is 10.2. The number of amides is 1. The number of rotatable bonds is 7. The number of anilines is 1. The number of alkyl halides is 2. The van der Waals surface area contributed by atoms with Crippen LogP contribution in [0.3, 0.4) is 0 Å². The number of hydrogen-bond donors (Lipinski definition) is 1. The molecule has 1 amide bonds. The number of ether oxygens (including phenoxy) is 2. The van der Waals surface area contributed by atoms with Crippen LogP contribution >= 0.6 is 0 Å². The molecule has 0 saturated carbocycles. The van der Waals surface area contributed by atoms with E-state index in [1.165, 1.54) is 24.3 Å². The van der Waals surface area contributed by atoms with E-state index < -0.39 is 48.1 Å². The molecule has 1 aromatic heterocycles. The Bertz CT molecular complexity index is 1090. The molecular formula is C20H13F6NO4. The van der Waals surface area contributed by atoms with E-state index in [4.69, 9.17) is 9.15 Å². The van der Waals surface area contributed by atoms with E-state index in [-0.39, 0.29) is 29.0 Å². The number of hydrogen-bond acceptors (Lipinski definition) is 4. The highest BCUT2D eigenvalue weighted by Gasteiger charge is 2.22. The third-order valence-electron chi connectivity index (χ3n) is 3.92. The van der Waals surface area contributed by atoms with Gasteiger partial charge in [0.15, 0.2) is 23.1 Å². The summed E-state index contributed by atoms with van der Waals surface area (Å²) >= 11 is 0. The van der Waals surface area contributed by atoms with Gasteiger partial charge >= 0.3 is 6.61 Å². The second kappa shape index (κ2) is 9.02. The molecule has 3 aromatic rings. The average Bonchev–Trinajstić information content (AvgIpc) is 3.17. The molecule has 5 nitrogen and oxygen atoms in total. The highest BCUT2D eigenvalue weighted by atomic mass is 19.3. The summed E-state index contributed by atoms with van der Waals surface area (Å²) in [7, 11) is 0. The number of nitrogens with one attached hydrogen (secondary N) is 1. The van der Waals surface area contributed by atoms with Gasteiger partial charge in [-0.15, -0.1) is 0 Å². The molecule has 2 aromatic carbocycles. The Kier molecular flexibility index (Phi) is 6.42. The average molecular weight is 445 g/mol. The van der Waals surface area contributed by atoms with Crippen LogP contribution in [0.4, 0.5) is 32.0 Å². The quantitative estimate of drug-likeness (QED) is 0.381. The van der Waals surface area contributed by atoms with Gasteiger partial charge in [-0.3, -0.25) is 4.79 Å². The number of benzene rings is 2. The summed E-state index contributed by atoms with van der Waals surface area (Å²) in [5.74, 6) is -9.55. The summed E-state index contributed by atoms with van der Waals surface area (Å²) in [6, 6.07) is 6.62. The van der Waals surface area contributed by atoms with E-state index in [2.05, 4.69) is 10.1 Å². The second-order valence-electron chi connectivity index (χ2n) is 6.18. The molecule has 0 radical (unpaired) electrons. The summed E-state index contributed by atoms with van der Waals surface area (Å²) in [6.07, 6.45) is 0. The zero-order valence-corrected chi connectivity index (χ0v) is 15.6. The zero-order valence-electron chi connectivity index (χ0n) is 15.6. The third kappa shape index (κ3) is 5.11. The second-order valence-corrected chi connectivity index (χ2v) is 6.18. The van der Waals surface area contributed by atoms with Crippen molar-refractivity contribution in [3.05, 3.63) is 76.8 Å². The lowest BCUT2D eigenvalue weighted by molar-refractivity contribution is -0.0494.